The van der Waals surface area contributed by atoms with Gasteiger partial charge in [0.1, 0.15) is 0 Å². The molecule has 0 aliphatic heterocycles. The van der Waals surface area contributed by atoms with Gasteiger partial charge in [-0.15, -0.1) is 23.7 Å². The molecule has 18 heavy (non-hydrogen) atoms. The molecule has 2 heterocycles. The number of hydrogen-bond donors (Lipinski definition) is 1. The van der Waals surface area contributed by atoms with Gasteiger partial charge in [0, 0.05) is 6.04 Å². The molecular weight excluding hydrogens is 270 g/mol. The van der Waals surface area contributed by atoms with Gasteiger partial charge in [0.2, 0.25) is 11.7 Å². The van der Waals surface area contributed by atoms with Crippen molar-refractivity contribution in [3.63, 3.8) is 0 Å². The van der Waals surface area contributed by atoms with Gasteiger partial charge < -0.3 is 9.84 Å². The second kappa shape index (κ2) is 6.31. The molecule has 1 fully saturated rings. The van der Waals surface area contributed by atoms with E-state index < -0.39 is 0 Å². The fraction of sp³-hybridized carbons (Fsp3) is 0.500. The fourth-order valence-electron chi connectivity index (χ4n) is 2.19. The second-order valence-corrected chi connectivity index (χ2v) is 5.30. The molecule has 0 radical (unpaired) electrons. The lowest BCUT2D eigenvalue weighted by atomic mass is 10.2. The van der Waals surface area contributed by atoms with E-state index in [1.165, 1.54) is 25.7 Å². The smallest absolute Gasteiger partial charge is 0.240 e. The van der Waals surface area contributed by atoms with Crippen LogP contribution in [0.15, 0.2) is 22.0 Å². The van der Waals surface area contributed by atoms with Crippen LogP contribution in [0.3, 0.4) is 0 Å². The van der Waals surface area contributed by atoms with Crippen LogP contribution in [0.4, 0.5) is 0 Å². The Morgan fingerprint density at radius 1 is 1.39 bits per heavy atom. The summed E-state index contributed by atoms with van der Waals surface area (Å²) in [5.74, 6) is 1.38. The van der Waals surface area contributed by atoms with E-state index in [0.29, 0.717) is 24.3 Å². The molecular formula is C12H16ClN3OS. The molecule has 0 spiro atoms. The first kappa shape index (κ1) is 13.5. The first-order chi connectivity index (χ1) is 8.42. The molecule has 0 bridgehead atoms. The van der Waals surface area contributed by atoms with Crippen LogP contribution in [-0.4, -0.2) is 16.2 Å². The highest BCUT2D eigenvalue weighted by molar-refractivity contribution is 7.13. The maximum Gasteiger partial charge on any atom is 0.240 e. The van der Waals surface area contributed by atoms with Gasteiger partial charge >= 0.3 is 0 Å². The topological polar surface area (TPSA) is 51.0 Å². The Kier molecular flexibility index (Phi) is 4.74. The summed E-state index contributed by atoms with van der Waals surface area (Å²) in [7, 11) is 0. The highest BCUT2D eigenvalue weighted by Crippen LogP contribution is 2.22. The summed E-state index contributed by atoms with van der Waals surface area (Å²) < 4.78 is 5.23. The summed E-state index contributed by atoms with van der Waals surface area (Å²) in [5, 5.41) is 9.47. The van der Waals surface area contributed by atoms with Gasteiger partial charge in [-0.1, -0.05) is 24.1 Å². The monoisotopic (exact) mass is 285 g/mol. The number of nitrogens with one attached hydrogen (secondary N) is 1. The lowest BCUT2D eigenvalue weighted by molar-refractivity contribution is 0.357. The molecule has 6 heteroatoms. The van der Waals surface area contributed by atoms with Gasteiger partial charge in [-0.2, -0.15) is 4.98 Å². The maximum atomic E-state index is 5.23. The van der Waals surface area contributed by atoms with E-state index in [1.54, 1.807) is 11.3 Å². The summed E-state index contributed by atoms with van der Waals surface area (Å²) in [6.07, 6.45) is 5.21. The Morgan fingerprint density at radius 2 is 2.22 bits per heavy atom. The molecule has 0 saturated heterocycles. The minimum Gasteiger partial charge on any atom is -0.338 e. The lowest BCUT2D eigenvalue weighted by Crippen LogP contribution is -2.25. The fourth-order valence-corrected chi connectivity index (χ4v) is 2.84. The number of nitrogens with zero attached hydrogens (tertiary/aromatic N) is 2. The summed E-state index contributed by atoms with van der Waals surface area (Å²) in [5.41, 5.74) is 0. The van der Waals surface area contributed by atoms with Crippen LogP contribution in [0.25, 0.3) is 10.7 Å². The van der Waals surface area contributed by atoms with Crippen LogP contribution in [0.1, 0.15) is 31.6 Å². The van der Waals surface area contributed by atoms with E-state index in [2.05, 4.69) is 15.5 Å². The molecule has 0 atom stereocenters. The number of halogens is 1. The van der Waals surface area contributed by atoms with Crippen molar-refractivity contribution >= 4 is 23.7 Å². The Balaban J connectivity index is 0.00000120. The van der Waals surface area contributed by atoms with Crippen LogP contribution in [0.2, 0.25) is 0 Å². The number of aromatic nitrogens is 2. The van der Waals surface area contributed by atoms with Gasteiger partial charge in [0.15, 0.2) is 0 Å². The highest BCUT2D eigenvalue weighted by Gasteiger charge is 2.16. The standard InChI is InChI=1S/C12H15N3OS.ClH/c1-2-5-9(4-1)13-8-11-14-12(15-16-11)10-6-3-7-17-10;/h3,6-7,9,13H,1-2,4-5,8H2;1H. The van der Waals surface area contributed by atoms with Crippen LogP contribution < -0.4 is 5.32 Å². The van der Waals surface area contributed by atoms with E-state index in [-0.39, 0.29) is 12.4 Å². The van der Waals surface area contributed by atoms with Crippen molar-refractivity contribution in [1.29, 1.82) is 0 Å². The van der Waals surface area contributed by atoms with Crippen molar-refractivity contribution in [2.75, 3.05) is 0 Å². The zero-order valence-corrected chi connectivity index (χ0v) is 11.6. The zero-order chi connectivity index (χ0) is 11.5. The summed E-state index contributed by atoms with van der Waals surface area (Å²) in [6, 6.07) is 4.63. The average Bonchev–Trinajstić information content (AvgIpc) is 3.09. The van der Waals surface area contributed by atoms with Gasteiger partial charge in [0.05, 0.1) is 11.4 Å². The zero-order valence-electron chi connectivity index (χ0n) is 9.96. The van der Waals surface area contributed by atoms with Crippen LogP contribution >= 0.6 is 23.7 Å². The Morgan fingerprint density at radius 3 is 2.94 bits per heavy atom. The van der Waals surface area contributed by atoms with E-state index in [1.807, 2.05) is 17.5 Å². The molecule has 4 nitrogen and oxygen atoms in total. The molecule has 1 aliphatic rings. The normalized spacial score (nSPS) is 15.8. The molecule has 0 aromatic carbocycles. The largest absolute Gasteiger partial charge is 0.338 e. The molecule has 98 valence electrons. The van der Waals surface area contributed by atoms with Gasteiger partial charge in [-0.3, -0.25) is 0 Å². The van der Waals surface area contributed by atoms with E-state index >= 15 is 0 Å². The lowest BCUT2D eigenvalue weighted by Gasteiger charge is -2.08. The molecule has 0 unspecified atom stereocenters. The van der Waals surface area contributed by atoms with Crippen LogP contribution in [0.5, 0.6) is 0 Å². The third-order valence-electron chi connectivity index (χ3n) is 3.11. The Hall–Kier alpha value is -0.910. The van der Waals surface area contributed by atoms with E-state index in [4.69, 9.17) is 4.52 Å². The molecule has 1 saturated carbocycles. The summed E-state index contributed by atoms with van der Waals surface area (Å²) >= 11 is 1.63. The minimum absolute atomic E-state index is 0. The summed E-state index contributed by atoms with van der Waals surface area (Å²) in [6.45, 7) is 0.684. The first-order valence-corrected chi connectivity index (χ1v) is 6.89. The van der Waals surface area contributed by atoms with Gasteiger partial charge in [0.25, 0.3) is 0 Å². The van der Waals surface area contributed by atoms with Crippen molar-refractivity contribution in [1.82, 2.24) is 15.5 Å². The molecule has 1 aliphatic carbocycles. The second-order valence-electron chi connectivity index (χ2n) is 4.35. The van der Waals surface area contributed by atoms with Crippen molar-refractivity contribution < 1.29 is 4.52 Å². The van der Waals surface area contributed by atoms with Crippen molar-refractivity contribution in [3.05, 3.63) is 23.4 Å². The Labute approximate surface area is 116 Å². The molecule has 3 rings (SSSR count). The predicted octanol–water partition coefficient (Wildman–Crippen LogP) is 3.25. The van der Waals surface area contributed by atoms with Crippen LogP contribution in [0, 0.1) is 0 Å². The number of hydrogen-bond acceptors (Lipinski definition) is 5. The van der Waals surface area contributed by atoms with Gasteiger partial charge in [-0.25, -0.2) is 0 Å². The maximum absolute atomic E-state index is 5.23. The Bertz CT molecular complexity index is 465. The predicted molar refractivity (Wildman–Crippen MR) is 74.0 cm³/mol. The molecule has 1 N–H and O–H groups in total. The first-order valence-electron chi connectivity index (χ1n) is 6.01. The minimum atomic E-state index is 0. The molecule has 2 aromatic rings. The third-order valence-corrected chi connectivity index (χ3v) is 3.97. The van der Waals surface area contributed by atoms with E-state index in [9.17, 15) is 0 Å². The van der Waals surface area contributed by atoms with Crippen molar-refractivity contribution in [3.8, 4) is 10.7 Å². The summed E-state index contributed by atoms with van der Waals surface area (Å²) in [4.78, 5) is 5.44. The SMILES string of the molecule is Cl.c1csc(-c2noc(CNC3CCCC3)n2)c1. The van der Waals surface area contributed by atoms with Gasteiger partial charge in [-0.05, 0) is 24.3 Å². The van der Waals surface area contributed by atoms with Crippen molar-refractivity contribution in [2.24, 2.45) is 0 Å². The average molecular weight is 286 g/mol. The highest BCUT2D eigenvalue weighted by atomic mass is 35.5. The molecule has 0 amide bonds. The number of rotatable bonds is 4. The quantitative estimate of drug-likeness (QED) is 0.937. The third kappa shape index (κ3) is 3.10. The van der Waals surface area contributed by atoms with E-state index in [0.717, 1.165) is 4.88 Å². The van der Waals surface area contributed by atoms with Crippen LogP contribution in [-0.2, 0) is 6.54 Å². The molecule has 2 aromatic heterocycles. The number of thiophene rings is 1. The van der Waals surface area contributed by atoms with Crippen molar-refractivity contribution in [2.45, 2.75) is 38.3 Å².